The van der Waals surface area contributed by atoms with E-state index >= 15 is 0 Å². The van der Waals surface area contributed by atoms with Crippen molar-refractivity contribution in [3.8, 4) is 5.75 Å². The van der Waals surface area contributed by atoms with E-state index < -0.39 is 32.4 Å². The topological polar surface area (TPSA) is 151 Å². The van der Waals surface area contributed by atoms with Crippen LogP contribution in [0.15, 0.2) is 70.0 Å². The van der Waals surface area contributed by atoms with Crippen LogP contribution < -0.4 is 10.2 Å². The number of hydrogen-bond donors (Lipinski definition) is 2. The Balaban J connectivity index is 2.05. The molecule has 1 aliphatic heterocycles. The molecule has 1 aromatic carbocycles. The average molecular weight is 470 g/mol. The molecule has 1 aromatic heterocycles. The number of sulfone groups is 1. The second-order valence-electron chi connectivity index (χ2n) is 6.26. The minimum absolute atomic E-state index is 0.190. The summed E-state index contributed by atoms with van der Waals surface area (Å²) in [6.45, 7) is -0.476. The number of carbonyl (C=O) groups is 1. The fraction of sp³-hybridized carbons (Fsp3) is 0.176. The zero-order valence-corrected chi connectivity index (χ0v) is 18.0. The highest BCUT2D eigenvalue weighted by Crippen LogP contribution is 2.26. The molecule has 0 spiro atoms. The van der Waals surface area contributed by atoms with Crippen LogP contribution in [-0.4, -0.2) is 60.7 Å². The van der Waals surface area contributed by atoms with Gasteiger partial charge in [0.15, 0.2) is 5.03 Å². The summed E-state index contributed by atoms with van der Waals surface area (Å²) in [6.07, 6.45) is 5.68. The molecule has 2 aromatic rings. The number of carbonyl (C=O) groups excluding carboxylic acids is 1. The Morgan fingerprint density at radius 3 is 2.42 bits per heavy atom. The van der Waals surface area contributed by atoms with E-state index in [2.05, 4.69) is 4.98 Å². The third-order valence-corrected chi connectivity index (χ3v) is 7.63. The Kier molecular flexibility index (Phi) is 6.06. The zero-order chi connectivity index (χ0) is 22.8. The minimum Gasteiger partial charge on any atom is -0.497 e. The van der Waals surface area contributed by atoms with Crippen LogP contribution in [0.5, 0.6) is 5.75 Å². The summed E-state index contributed by atoms with van der Waals surface area (Å²) in [5.74, 6) is 0.417. The molecule has 0 bridgehead atoms. The summed E-state index contributed by atoms with van der Waals surface area (Å²) in [7, 11) is -5.41. The second kappa shape index (κ2) is 8.41. The number of hydrogen-bond acceptors (Lipinski definition) is 8. The molecule has 3 rings (SSSR count). The predicted octanol–water partition coefficient (Wildman–Crippen LogP) is 0.620. The summed E-state index contributed by atoms with van der Waals surface area (Å²) in [5.41, 5.74) is 1.36. The molecule has 0 radical (unpaired) electrons. The summed E-state index contributed by atoms with van der Waals surface area (Å²) in [5, 5.41) is 9.43. The monoisotopic (exact) mass is 469 g/mol. The first-order chi connectivity index (χ1) is 14.6. The number of aromatic nitrogens is 2. The van der Waals surface area contributed by atoms with Crippen molar-refractivity contribution in [1.82, 2.24) is 24.5 Å². The number of amides is 2. The van der Waals surface area contributed by atoms with Gasteiger partial charge in [-0.2, -0.15) is 12.8 Å². The lowest BCUT2D eigenvalue weighted by atomic mass is 10.3. The summed E-state index contributed by atoms with van der Waals surface area (Å²) < 4.78 is 59.0. The molecule has 31 heavy (non-hydrogen) atoms. The van der Waals surface area contributed by atoms with Crippen molar-refractivity contribution in [3.05, 3.63) is 60.0 Å². The molecular weight excluding hydrogens is 450 g/mol. The van der Waals surface area contributed by atoms with E-state index in [9.17, 15) is 21.6 Å². The molecule has 166 valence electrons. The smallest absolute Gasteiger partial charge is 0.361 e. The fourth-order valence-electron chi connectivity index (χ4n) is 2.69. The van der Waals surface area contributed by atoms with Gasteiger partial charge in [-0.05, 0) is 36.4 Å². The maximum atomic E-state index is 13.1. The molecule has 0 atom stereocenters. The van der Waals surface area contributed by atoms with Gasteiger partial charge in [0.1, 0.15) is 5.75 Å². The first-order valence-electron chi connectivity index (χ1n) is 8.62. The van der Waals surface area contributed by atoms with Gasteiger partial charge in [0.2, 0.25) is 9.84 Å². The minimum atomic E-state index is -4.35. The number of aryl methyl sites for hydroxylation is 1. The molecule has 0 fully saturated rings. The molecule has 14 heteroatoms. The maximum Gasteiger partial charge on any atom is 0.361 e. The van der Waals surface area contributed by atoms with Gasteiger partial charge in [0, 0.05) is 19.4 Å². The van der Waals surface area contributed by atoms with Gasteiger partial charge < -0.3 is 9.30 Å². The van der Waals surface area contributed by atoms with Crippen molar-refractivity contribution in [3.63, 3.8) is 0 Å². The van der Waals surface area contributed by atoms with Gasteiger partial charge in [0.05, 0.1) is 29.8 Å². The van der Waals surface area contributed by atoms with Crippen molar-refractivity contribution in [2.24, 2.45) is 7.05 Å². The highest BCUT2D eigenvalue weighted by molar-refractivity contribution is 7.95. The van der Waals surface area contributed by atoms with Gasteiger partial charge in [-0.1, -0.05) is 0 Å². The number of benzene rings is 1. The van der Waals surface area contributed by atoms with Crippen LogP contribution in [0.4, 0.5) is 4.79 Å². The Labute approximate surface area is 178 Å². The highest BCUT2D eigenvalue weighted by atomic mass is 32.2. The quantitative estimate of drug-likeness (QED) is 0.478. The van der Waals surface area contributed by atoms with Crippen LogP contribution in [0.1, 0.15) is 0 Å². The molecule has 0 unspecified atom stereocenters. The van der Waals surface area contributed by atoms with Crippen molar-refractivity contribution in [2.75, 3.05) is 13.7 Å². The van der Waals surface area contributed by atoms with E-state index in [1.807, 2.05) is 0 Å². The number of nitrogens with zero attached hydrogens (tertiary/aromatic N) is 4. The van der Waals surface area contributed by atoms with Crippen molar-refractivity contribution in [1.29, 1.82) is 0 Å². The highest BCUT2D eigenvalue weighted by Gasteiger charge is 2.33. The van der Waals surface area contributed by atoms with Crippen LogP contribution in [0.3, 0.4) is 0 Å². The number of urea groups is 1. The molecule has 2 amide bonds. The Hall–Kier alpha value is -3.36. The van der Waals surface area contributed by atoms with Gasteiger partial charge in [-0.25, -0.2) is 28.7 Å². The number of nitrogens with one attached hydrogen (secondary N) is 1. The first-order valence-corrected chi connectivity index (χ1v) is 11.5. The van der Waals surface area contributed by atoms with Crippen molar-refractivity contribution in [2.45, 2.75) is 9.92 Å². The Bertz CT molecular complexity index is 1250. The number of methoxy groups -OCH3 is 1. The van der Waals surface area contributed by atoms with Gasteiger partial charge in [-0.15, -0.1) is 0 Å². The largest absolute Gasteiger partial charge is 0.497 e. The Morgan fingerprint density at radius 1 is 1.19 bits per heavy atom. The van der Waals surface area contributed by atoms with Crippen LogP contribution >= 0.6 is 0 Å². The number of sulfonamides is 1. The van der Waals surface area contributed by atoms with E-state index in [0.29, 0.717) is 15.2 Å². The lowest BCUT2D eigenvalue weighted by Gasteiger charge is -2.30. The first kappa shape index (κ1) is 22.3. The van der Waals surface area contributed by atoms with E-state index in [-0.39, 0.29) is 14.8 Å². The van der Waals surface area contributed by atoms with Crippen LogP contribution in [0.2, 0.25) is 0 Å². The molecule has 2 heterocycles. The van der Waals surface area contributed by atoms with Gasteiger partial charge in [0.25, 0.3) is 10.0 Å². The Morgan fingerprint density at radius 2 is 1.87 bits per heavy atom. The van der Waals surface area contributed by atoms with Crippen LogP contribution in [-0.2, 0) is 26.9 Å². The summed E-state index contributed by atoms with van der Waals surface area (Å²) >= 11 is 0. The van der Waals surface area contributed by atoms with Crippen LogP contribution in [0.25, 0.3) is 0 Å². The number of ether oxygens (including phenoxy) is 1. The molecule has 12 nitrogen and oxygen atoms in total. The third kappa shape index (κ3) is 4.26. The van der Waals surface area contributed by atoms with Crippen LogP contribution in [0, 0.1) is 0 Å². The summed E-state index contributed by atoms with van der Waals surface area (Å²) in [4.78, 5) is 15.5. The normalized spacial score (nSPS) is 14.7. The van der Waals surface area contributed by atoms with Gasteiger partial charge >= 0.3 is 6.03 Å². The van der Waals surface area contributed by atoms with E-state index in [4.69, 9.17) is 9.94 Å². The third-order valence-electron chi connectivity index (χ3n) is 4.27. The fourth-order valence-corrected chi connectivity index (χ4v) is 5.27. The molecule has 0 saturated carbocycles. The van der Waals surface area contributed by atoms with Crippen molar-refractivity contribution < 1.29 is 31.6 Å². The molecule has 2 N–H and O–H groups in total. The average Bonchev–Trinajstić information content (AvgIpc) is 3.07. The number of rotatable bonds is 5. The second-order valence-corrected chi connectivity index (χ2v) is 9.95. The van der Waals surface area contributed by atoms with E-state index in [1.165, 1.54) is 53.9 Å². The number of hydrazine groups is 1. The molecule has 0 aliphatic carbocycles. The lowest BCUT2D eigenvalue weighted by Crippen LogP contribution is -2.49. The molecule has 0 saturated heterocycles. The standard InChI is InChI=1S/C17H19N5O7S2/c1-20-11-16(18-12-20)30(25,26)14-7-9-21(17(23)19-24)22(10-8-14)31(27,28)15-5-3-13(29-2)4-6-15/h3-8,10-12,24H,9H2,1-2H3,(H,19,23). The van der Waals surface area contributed by atoms with Crippen molar-refractivity contribution >= 4 is 25.9 Å². The summed E-state index contributed by atoms with van der Waals surface area (Å²) in [6, 6.07) is 4.18. The lowest BCUT2D eigenvalue weighted by molar-refractivity contribution is 0.0891. The molecule has 1 aliphatic rings. The van der Waals surface area contributed by atoms with Gasteiger partial charge in [-0.3, -0.25) is 5.21 Å². The number of allylic oxidation sites excluding steroid dienone is 1. The SMILES string of the molecule is COc1ccc(S(=O)(=O)N2C=CC(S(=O)(=O)c3cn(C)cn3)=CCN2C(=O)NO)cc1. The number of hydroxylamine groups is 1. The zero-order valence-electron chi connectivity index (χ0n) is 16.4. The maximum absolute atomic E-state index is 13.1. The molecular formula is C17H19N5O7S2. The predicted molar refractivity (Wildman–Crippen MR) is 107 cm³/mol. The van der Waals surface area contributed by atoms with E-state index in [0.717, 1.165) is 18.4 Å². The number of imidazole rings is 1. The van der Waals surface area contributed by atoms with E-state index in [1.54, 1.807) is 7.05 Å².